The van der Waals surface area contributed by atoms with E-state index in [1.54, 1.807) is 13.0 Å². The van der Waals surface area contributed by atoms with Gasteiger partial charge in [0.1, 0.15) is 0 Å². The lowest BCUT2D eigenvalue weighted by molar-refractivity contribution is -0.137. The number of hydrogen-bond acceptors (Lipinski definition) is 4. The highest BCUT2D eigenvalue weighted by molar-refractivity contribution is 5.99. The third-order valence-electron chi connectivity index (χ3n) is 3.07. The van der Waals surface area contributed by atoms with E-state index < -0.39 is 11.9 Å². The van der Waals surface area contributed by atoms with Gasteiger partial charge in [-0.1, -0.05) is 6.92 Å². The number of hydrogen-bond donors (Lipinski definition) is 3. The molecule has 1 aromatic heterocycles. The molecule has 110 valence electrons. The van der Waals surface area contributed by atoms with Crippen LogP contribution >= 0.6 is 0 Å². The summed E-state index contributed by atoms with van der Waals surface area (Å²) in [4.78, 5) is 26.2. The fraction of sp³-hybridized carbons (Fsp3) is 0.500. The molecule has 0 aliphatic heterocycles. The molecule has 0 fully saturated rings. The van der Waals surface area contributed by atoms with Crippen molar-refractivity contribution in [3.8, 4) is 0 Å². The minimum absolute atomic E-state index is 0.139. The van der Waals surface area contributed by atoms with Crippen molar-refractivity contribution in [2.45, 2.75) is 33.6 Å². The van der Waals surface area contributed by atoms with Crippen LogP contribution in [0, 0.1) is 19.8 Å². The summed E-state index contributed by atoms with van der Waals surface area (Å²) in [6.07, 6.45) is 0.719. The zero-order chi connectivity index (χ0) is 15.3. The Balaban J connectivity index is 2.77. The molecule has 6 nitrogen and oxygen atoms in total. The summed E-state index contributed by atoms with van der Waals surface area (Å²) < 4.78 is 0. The molecule has 1 heterocycles. The number of carboxylic acids is 1. The largest absolute Gasteiger partial charge is 0.481 e. The first-order chi connectivity index (χ1) is 9.31. The number of rotatable bonds is 7. The normalized spacial score (nSPS) is 11.9. The van der Waals surface area contributed by atoms with Crippen LogP contribution in [0.3, 0.4) is 0 Å². The lowest BCUT2D eigenvalue weighted by Crippen LogP contribution is -2.20. The van der Waals surface area contributed by atoms with Crippen LogP contribution in [0.4, 0.5) is 5.69 Å². The molecule has 6 heteroatoms. The number of aryl methyl sites for hydroxylation is 2. The van der Waals surface area contributed by atoms with Crippen molar-refractivity contribution in [1.29, 1.82) is 0 Å². The maximum Gasteiger partial charge on any atom is 0.303 e. The Kier molecular flexibility index (Phi) is 5.49. The molecule has 4 N–H and O–H groups in total. The Hall–Kier alpha value is -2.11. The van der Waals surface area contributed by atoms with E-state index in [2.05, 4.69) is 10.3 Å². The van der Waals surface area contributed by atoms with E-state index in [9.17, 15) is 9.59 Å². The number of primary amides is 1. The highest BCUT2D eigenvalue weighted by Crippen LogP contribution is 2.20. The van der Waals surface area contributed by atoms with Gasteiger partial charge in [0.05, 0.1) is 16.9 Å². The van der Waals surface area contributed by atoms with Gasteiger partial charge in [-0.2, -0.15) is 0 Å². The fourth-order valence-electron chi connectivity index (χ4n) is 2.04. The lowest BCUT2D eigenvalue weighted by atomic mass is 10.0. The first-order valence-corrected chi connectivity index (χ1v) is 6.55. The van der Waals surface area contributed by atoms with Crippen molar-refractivity contribution in [1.82, 2.24) is 4.98 Å². The predicted octanol–water partition coefficient (Wildman–Crippen LogP) is 1.71. The molecule has 0 bridgehead atoms. The number of carbonyl (C=O) groups is 2. The zero-order valence-electron chi connectivity index (χ0n) is 12.1. The SMILES string of the molecule is Cc1cc(NCC(C)CCC(=O)O)c(C(N)=O)c(C)n1. The minimum Gasteiger partial charge on any atom is -0.481 e. The topological polar surface area (TPSA) is 105 Å². The minimum atomic E-state index is -0.801. The lowest BCUT2D eigenvalue weighted by Gasteiger charge is -2.16. The molecular formula is C14H21N3O3. The monoisotopic (exact) mass is 279 g/mol. The number of carbonyl (C=O) groups excluding carboxylic acids is 1. The molecule has 0 saturated heterocycles. The highest BCUT2D eigenvalue weighted by Gasteiger charge is 2.14. The van der Waals surface area contributed by atoms with E-state index in [1.807, 2.05) is 13.8 Å². The summed E-state index contributed by atoms with van der Waals surface area (Å²) >= 11 is 0. The van der Waals surface area contributed by atoms with Gasteiger partial charge in [-0.3, -0.25) is 14.6 Å². The molecule has 0 radical (unpaired) electrons. The first-order valence-electron chi connectivity index (χ1n) is 6.55. The van der Waals surface area contributed by atoms with Crippen LogP contribution in [-0.2, 0) is 4.79 Å². The average molecular weight is 279 g/mol. The maximum atomic E-state index is 11.5. The van der Waals surface area contributed by atoms with E-state index in [0.717, 1.165) is 5.69 Å². The summed E-state index contributed by atoms with van der Waals surface area (Å²) in [5.74, 6) is -1.14. The summed E-state index contributed by atoms with van der Waals surface area (Å²) in [6.45, 7) is 6.13. The molecule has 0 aliphatic rings. The Bertz CT molecular complexity index is 515. The second kappa shape index (κ2) is 6.88. The third kappa shape index (κ3) is 4.53. The van der Waals surface area contributed by atoms with Crippen LogP contribution in [0.2, 0.25) is 0 Å². The number of pyridine rings is 1. The van der Waals surface area contributed by atoms with Gasteiger partial charge in [0.25, 0.3) is 5.91 Å². The standard InChI is InChI=1S/C14H21N3O3/c1-8(4-5-12(18)19)7-16-11-6-9(2)17-10(3)13(11)14(15)20/h6,8H,4-5,7H2,1-3H3,(H2,15,20)(H,16,17)(H,18,19). The number of anilines is 1. The molecule has 0 aromatic carbocycles. The number of aromatic nitrogens is 1. The smallest absolute Gasteiger partial charge is 0.303 e. The van der Waals surface area contributed by atoms with Gasteiger partial charge in [0.15, 0.2) is 0 Å². The quantitative estimate of drug-likeness (QED) is 0.704. The van der Waals surface area contributed by atoms with Gasteiger partial charge >= 0.3 is 5.97 Å². The van der Waals surface area contributed by atoms with Crippen LogP contribution in [0.5, 0.6) is 0 Å². The van der Waals surface area contributed by atoms with E-state index >= 15 is 0 Å². The summed E-state index contributed by atoms with van der Waals surface area (Å²) in [5.41, 5.74) is 7.82. The Labute approximate surface area is 118 Å². The predicted molar refractivity (Wildman–Crippen MR) is 76.8 cm³/mol. The van der Waals surface area contributed by atoms with Gasteiger partial charge in [-0.05, 0) is 32.3 Å². The number of nitrogens with zero attached hydrogens (tertiary/aromatic N) is 1. The molecule has 1 aromatic rings. The molecule has 1 unspecified atom stereocenters. The highest BCUT2D eigenvalue weighted by atomic mass is 16.4. The molecule has 0 aliphatic carbocycles. The molecule has 20 heavy (non-hydrogen) atoms. The van der Waals surface area contributed by atoms with Crippen LogP contribution in [0.15, 0.2) is 6.07 Å². The van der Waals surface area contributed by atoms with E-state index in [1.165, 1.54) is 0 Å². The van der Waals surface area contributed by atoms with Gasteiger partial charge in [-0.15, -0.1) is 0 Å². The molecule has 0 spiro atoms. The molecule has 1 atom stereocenters. The van der Waals surface area contributed by atoms with Crippen LogP contribution in [0.1, 0.15) is 41.5 Å². The first kappa shape index (κ1) is 15.9. The van der Waals surface area contributed by atoms with Gasteiger partial charge in [-0.25, -0.2) is 0 Å². The van der Waals surface area contributed by atoms with E-state index in [0.29, 0.717) is 29.9 Å². The third-order valence-corrected chi connectivity index (χ3v) is 3.07. The van der Waals surface area contributed by atoms with Crippen LogP contribution in [-0.4, -0.2) is 28.5 Å². The molecule has 0 saturated carbocycles. The van der Waals surface area contributed by atoms with Gasteiger partial charge < -0.3 is 16.2 Å². The van der Waals surface area contributed by atoms with Gasteiger partial charge in [0.2, 0.25) is 0 Å². The average Bonchev–Trinajstić information content (AvgIpc) is 2.32. The number of nitrogens with one attached hydrogen (secondary N) is 1. The Morgan fingerprint density at radius 1 is 1.45 bits per heavy atom. The van der Waals surface area contributed by atoms with Crippen molar-refractivity contribution < 1.29 is 14.7 Å². The van der Waals surface area contributed by atoms with Crippen molar-refractivity contribution in [2.75, 3.05) is 11.9 Å². The number of aliphatic carboxylic acids is 1. The van der Waals surface area contributed by atoms with Gasteiger partial charge in [0, 0.05) is 18.7 Å². The van der Waals surface area contributed by atoms with E-state index in [-0.39, 0.29) is 12.3 Å². The van der Waals surface area contributed by atoms with Crippen molar-refractivity contribution in [2.24, 2.45) is 11.7 Å². The second-order valence-electron chi connectivity index (χ2n) is 5.05. The molecule has 1 amide bonds. The number of nitrogens with two attached hydrogens (primary N) is 1. The zero-order valence-corrected chi connectivity index (χ0v) is 12.1. The van der Waals surface area contributed by atoms with Crippen molar-refractivity contribution in [3.05, 3.63) is 23.0 Å². The van der Waals surface area contributed by atoms with Crippen LogP contribution < -0.4 is 11.1 Å². The van der Waals surface area contributed by atoms with Crippen molar-refractivity contribution >= 4 is 17.6 Å². The van der Waals surface area contributed by atoms with Crippen LogP contribution in [0.25, 0.3) is 0 Å². The number of amides is 1. The maximum absolute atomic E-state index is 11.5. The Morgan fingerprint density at radius 3 is 2.65 bits per heavy atom. The Morgan fingerprint density at radius 2 is 2.10 bits per heavy atom. The molecule has 1 rings (SSSR count). The fourth-order valence-corrected chi connectivity index (χ4v) is 2.04. The second-order valence-corrected chi connectivity index (χ2v) is 5.05. The van der Waals surface area contributed by atoms with Crippen molar-refractivity contribution in [3.63, 3.8) is 0 Å². The van der Waals surface area contributed by atoms with E-state index in [4.69, 9.17) is 10.8 Å². The summed E-state index contributed by atoms with van der Waals surface area (Å²) in [5, 5.41) is 11.8. The summed E-state index contributed by atoms with van der Waals surface area (Å²) in [7, 11) is 0. The summed E-state index contributed by atoms with van der Waals surface area (Å²) in [6, 6.07) is 1.77. The number of carboxylic acid groups (broad SMARTS) is 1. The molecular weight excluding hydrogens is 258 g/mol.